The van der Waals surface area contributed by atoms with Crippen LogP contribution >= 0.6 is 15.9 Å². The van der Waals surface area contributed by atoms with Gasteiger partial charge < -0.3 is 0 Å². The number of halogens is 4. The van der Waals surface area contributed by atoms with E-state index < -0.39 is 13.1 Å². The third-order valence-corrected chi connectivity index (χ3v) is 2.33. The minimum absolute atomic E-state index is 0.106. The first-order valence-electron chi connectivity index (χ1n) is 3.13. The Labute approximate surface area is 75.7 Å². The molecule has 1 rings (SSSR count). The lowest BCUT2D eigenvalue weighted by atomic mass is 10.2. The summed E-state index contributed by atoms with van der Waals surface area (Å²) in [7, 11) is 0. The number of pyridine rings is 1. The summed E-state index contributed by atoms with van der Waals surface area (Å²) in [6.45, 7) is -0.797. The second-order valence-corrected chi connectivity index (χ2v) is 2.93. The van der Waals surface area contributed by atoms with E-state index in [2.05, 4.69) is 20.9 Å². The van der Waals surface area contributed by atoms with Crippen LogP contribution in [0.25, 0.3) is 0 Å². The van der Waals surface area contributed by atoms with Crippen LogP contribution in [0, 0.1) is 0 Å². The molecule has 0 bridgehead atoms. The summed E-state index contributed by atoms with van der Waals surface area (Å²) in [5, 5.41) is 0. The number of nitrogens with zero attached hydrogens (tertiary/aromatic N) is 1. The Balaban J connectivity index is 3.14. The van der Waals surface area contributed by atoms with Crippen molar-refractivity contribution in [3.05, 3.63) is 28.0 Å². The van der Waals surface area contributed by atoms with Gasteiger partial charge in [-0.15, -0.1) is 0 Å². The van der Waals surface area contributed by atoms with E-state index in [0.29, 0.717) is 0 Å². The van der Waals surface area contributed by atoms with Crippen molar-refractivity contribution >= 4 is 15.9 Å². The van der Waals surface area contributed by atoms with Crippen LogP contribution in [-0.4, -0.2) is 4.98 Å². The fraction of sp³-hybridized carbons (Fsp3) is 0.286. The Bertz CT molecular complexity index is 277. The SMILES string of the molecule is FCc1cncc(C(F)F)c1Br. The lowest BCUT2D eigenvalue weighted by Crippen LogP contribution is -1.92. The average Bonchev–Trinajstić information content (AvgIpc) is 2.04. The topological polar surface area (TPSA) is 12.9 Å². The second kappa shape index (κ2) is 3.89. The molecule has 0 spiro atoms. The molecule has 0 aliphatic rings. The Morgan fingerprint density at radius 1 is 1.42 bits per heavy atom. The van der Waals surface area contributed by atoms with Crippen molar-refractivity contribution in [3.63, 3.8) is 0 Å². The van der Waals surface area contributed by atoms with E-state index in [1.165, 1.54) is 6.20 Å². The molecule has 0 aromatic carbocycles. The normalized spacial score (nSPS) is 10.8. The van der Waals surface area contributed by atoms with Crippen LogP contribution in [0.4, 0.5) is 13.2 Å². The van der Waals surface area contributed by atoms with Crippen LogP contribution < -0.4 is 0 Å². The van der Waals surface area contributed by atoms with E-state index in [-0.39, 0.29) is 15.6 Å². The van der Waals surface area contributed by atoms with E-state index in [1.54, 1.807) is 0 Å². The van der Waals surface area contributed by atoms with E-state index in [0.717, 1.165) is 6.20 Å². The zero-order valence-electron chi connectivity index (χ0n) is 5.90. The van der Waals surface area contributed by atoms with Crippen molar-refractivity contribution < 1.29 is 13.2 Å². The lowest BCUT2D eigenvalue weighted by molar-refractivity contribution is 0.150. The first kappa shape index (κ1) is 9.51. The van der Waals surface area contributed by atoms with Gasteiger partial charge in [-0.05, 0) is 15.9 Å². The summed E-state index contributed by atoms with van der Waals surface area (Å²) in [5.41, 5.74) is -0.127. The van der Waals surface area contributed by atoms with Gasteiger partial charge in [-0.1, -0.05) is 0 Å². The van der Waals surface area contributed by atoms with Crippen LogP contribution in [0.3, 0.4) is 0 Å². The van der Waals surface area contributed by atoms with Crippen LogP contribution in [0.1, 0.15) is 17.6 Å². The fourth-order valence-corrected chi connectivity index (χ4v) is 1.24. The lowest BCUT2D eigenvalue weighted by Gasteiger charge is -2.04. The van der Waals surface area contributed by atoms with Gasteiger partial charge in [-0.2, -0.15) is 0 Å². The van der Waals surface area contributed by atoms with Gasteiger partial charge in [0.2, 0.25) is 0 Å². The zero-order chi connectivity index (χ0) is 9.14. The molecule has 66 valence electrons. The maximum absolute atomic E-state index is 12.2. The molecule has 0 fully saturated rings. The van der Waals surface area contributed by atoms with E-state index in [4.69, 9.17) is 0 Å². The van der Waals surface area contributed by atoms with Gasteiger partial charge in [0, 0.05) is 22.4 Å². The fourth-order valence-electron chi connectivity index (χ4n) is 0.752. The van der Waals surface area contributed by atoms with Crippen molar-refractivity contribution in [2.75, 3.05) is 0 Å². The number of alkyl halides is 3. The van der Waals surface area contributed by atoms with Crippen LogP contribution in [-0.2, 0) is 6.67 Å². The number of hydrogen-bond donors (Lipinski definition) is 0. The molecule has 0 aliphatic carbocycles. The molecule has 0 saturated heterocycles. The second-order valence-electron chi connectivity index (χ2n) is 2.14. The molecule has 0 amide bonds. The van der Waals surface area contributed by atoms with Crippen molar-refractivity contribution in [3.8, 4) is 0 Å². The molecule has 5 heteroatoms. The maximum atomic E-state index is 12.2. The molecular weight excluding hydrogens is 235 g/mol. The van der Waals surface area contributed by atoms with Gasteiger partial charge in [0.05, 0.1) is 5.56 Å². The van der Waals surface area contributed by atoms with Crippen molar-refractivity contribution in [2.24, 2.45) is 0 Å². The van der Waals surface area contributed by atoms with Gasteiger partial charge in [0.1, 0.15) is 6.67 Å². The molecular formula is C7H5BrF3N. The Morgan fingerprint density at radius 3 is 2.58 bits per heavy atom. The Hall–Kier alpha value is -0.580. The first-order chi connectivity index (χ1) is 5.66. The van der Waals surface area contributed by atoms with Gasteiger partial charge >= 0.3 is 0 Å². The largest absolute Gasteiger partial charge is 0.266 e. The quantitative estimate of drug-likeness (QED) is 0.773. The summed E-state index contributed by atoms with van der Waals surface area (Å²) in [4.78, 5) is 3.49. The molecule has 0 saturated carbocycles. The van der Waals surface area contributed by atoms with Gasteiger partial charge in [-0.3, -0.25) is 4.98 Å². The maximum Gasteiger partial charge on any atom is 0.266 e. The van der Waals surface area contributed by atoms with E-state index >= 15 is 0 Å². The van der Waals surface area contributed by atoms with E-state index in [9.17, 15) is 13.2 Å². The third kappa shape index (κ3) is 1.77. The third-order valence-electron chi connectivity index (χ3n) is 1.36. The van der Waals surface area contributed by atoms with Crippen molar-refractivity contribution in [2.45, 2.75) is 13.1 Å². The van der Waals surface area contributed by atoms with Crippen molar-refractivity contribution in [1.82, 2.24) is 4.98 Å². The smallest absolute Gasteiger partial charge is 0.264 e. The molecule has 0 atom stereocenters. The molecule has 0 unspecified atom stereocenters. The summed E-state index contributed by atoms with van der Waals surface area (Å²) >= 11 is 2.88. The van der Waals surface area contributed by atoms with Gasteiger partial charge in [-0.25, -0.2) is 13.2 Å². The van der Waals surface area contributed by atoms with Crippen LogP contribution in [0.15, 0.2) is 16.9 Å². The summed E-state index contributed by atoms with van der Waals surface area (Å²) in [6, 6.07) is 0. The Kier molecular flexibility index (Phi) is 3.08. The number of rotatable bonds is 2. The number of aromatic nitrogens is 1. The minimum atomic E-state index is -2.63. The van der Waals surface area contributed by atoms with Crippen LogP contribution in [0.5, 0.6) is 0 Å². The predicted octanol–water partition coefficient (Wildman–Crippen LogP) is 3.25. The molecule has 12 heavy (non-hydrogen) atoms. The molecule has 1 aromatic heterocycles. The minimum Gasteiger partial charge on any atom is -0.264 e. The average molecular weight is 240 g/mol. The van der Waals surface area contributed by atoms with Crippen molar-refractivity contribution in [1.29, 1.82) is 0 Å². The molecule has 1 aromatic rings. The molecule has 1 heterocycles. The molecule has 0 radical (unpaired) electrons. The highest BCUT2D eigenvalue weighted by atomic mass is 79.9. The van der Waals surface area contributed by atoms with Crippen LogP contribution in [0.2, 0.25) is 0 Å². The van der Waals surface area contributed by atoms with Gasteiger partial charge in [0.15, 0.2) is 0 Å². The van der Waals surface area contributed by atoms with E-state index in [1.807, 2.05) is 0 Å². The first-order valence-corrected chi connectivity index (χ1v) is 3.92. The highest BCUT2D eigenvalue weighted by molar-refractivity contribution is 9.10. The summed E-state index contributed by atoms with van der Waals surface area (Å²) < 4.78 is 36.5. The zero-order valence-corrected chi connectivity index (χ0v) is 7.48. The highest BCUT2D eigenvalue weighted by Crippen LogP contribution is 2.29. The molecule has 1 nitrogen and oxygen atoms in total. The monoisotopic (exact) mass is 239 g/mol. The Morgan fingerprint density at radius 2 is 2.08 bits per heavy atom. The number of hydrogen-bond acceptors (Lipinski definition) is 1. The summed E-state index contributed by atoms with van der Waals surface area (Å²) in [6.07, 6.45) is -0.387. The predicted molar refractivity (Wildman–Crippen MR) is 41.7 cm³/mol. The standard InChI is InChI=1S/C7H5BrF3N/c8-6-4(1-9)2-12-3-5(6)7(10)11/h2-3,7H,1H2. The van der Waals surface area contributed by atoms with Gasteiger partial charge in [0.25, 0.3) is 6.43 Å². The highest BCUT2D eigenvalue weighted by Gasteiger charge is 2.14. The molecule has 0 N–H and O–H groups in total. The molecule has 0 aliphatic heterocycles. The summed E-state index contributed by atoms with van der Waals surface area (Å²) in [5.74, 6) is 0.